The SMILES string of the molecule is CC(C)c1ccc([S+](c2ccc(C(C)C)cc2)c2ccc(C(C)C)cc2)cc1.Fc1c(F)c(F)c([B-](c2c(F)c(F)c(F)c(F)c2F)(c2c(F)c(F)c(F)c(F)c2F)c2c(F)c(F)c(F)c(F)c2F)c(F)c1F. The van der Waals surface area contributed by atoms with E-state index in [9.17, 15) is 52.7 Å². The molecular weight excluding hydrogens is 1040 g/mol. The summed E-state index contributed by atoms with van der Waals surface area (Å²) >= 11 is 0. The van der Waals surface area contributed by atoms with Gasteiger partial charge in [-0.05, 0) is 70.8 Å². The smallest absolute Gasteiger partial charge is 0.200 e. The lowest BCUT2D eigenvalue weighted by molar-refractivity contribution is 0.378. The summed E-state index contributed by atoms with van der Waals surface area (Å²) in [6, 6.07) is 27.7. The third kappa shape index (κ3) is 9.43. The molecule has 0 aromatic heterocycles. The summed E-state index contributed by atoms with van der Waals surface area (Å²) in [4.78, 5) is 4.16. The topological polar surface area (TPSA) is 0 Å². The standard InChI is InChI=1S/C27H33S.C24BF20/c1-19(2)22-7-13-25(14-8-22)28(26-15-9-23(10-16-26)20(3)4)27-17-11-24(12-18-27)21(5)6;26-5-1(6(27)14(35)21(42)13(5)34)25(2-7(28)15(36)22(43)16(37)8(2)29,3-9(30)17(38)23(44)18(39)10(3)31)4-11(32)19(40)24(45)20(41)12(4)33/h7-21H,1-6H3;/q+1;-1. The molecule has 0 fully saturated rings. The Labute approximate surface area is 405 Å². The van der Waals surface area contributed by atoms with Crippen molar-refractivity contribution < 1.29 is 87.8 Å². The summed E-state index contributed by atoms with van der Waals surface area (Å²) in [6.07, 6.45) is -7.22. The molecule has 0 amide bonds. The predicted octanol–water partition coefficient (Wildman–Crippen LogP) is 14.0. The van der Waals surface area contributed by atoms with E-state index >= 15 is 35.1 Å². The van der Waals surface area contributed by atoms with Gasteiger partial charge >= 0.3 is 0 Å². The molecule has 73 heavy (non-hydrogen) atoms. The second kappa shape index (κ2) is 21.2. The molecule has 0 saturated heterocycles. The van der Waals surface area contributed by atoms with E-state index in [2.05, 4.69) is 114 Å². The van der Waals surface area contributed by atoms with Crippen LogP contribution in [-0.2, 0) is 10.9 Å². The van der Waals surface area contributed by atoms with Crippen molar-refractivity contribution >= 4 is 38.9 Å². The highest BCUT2D eigenvalue weighted by atomic mass is 32.2. The van der Waals surface area contributed by atoms with Crippen LogP contribution in [-0.4, -0.2) is 6.15 Å². The van der Waals surface area contributed by atoms with Gasteiger partial charge in [-0.25, -0.2) is 87.8 Å². The number of rotatable bonds is 10. The summed E-state index contributed by atoms with van der Waals surface area (Å²) in [5, 5.41) is 0. The molecule has 0 nitrogen and oxygen atoms in total. The fourth-order valence-corrected chi connectivity index (χ4v) is 10.3. The summed E-state index contributed by atoms with van der Waals surface area (Å²) < 4.78 is 294. The maximum atomic E-state index is 15.4. The number of halogens is 20. The average molecular weight is 1070 g/mol. The Morgan fingerprint density at radius 3 is 0.507 bits per heavy atom. The van der Waals surface area contributed by atoms with Crippen molar-refractivity contribution in [1.82, 2.24) is 0 Å². The van der Waals surface area contributed by atoms with Crippen LogP contribution in [0.15, 0.2) is 87.5 Å². The summed E-state index contributed by atoms with van der Waals surface area (Å²) in [7, 11) is -0.0791. The zero-order valence-electron chi connectivity index (χ0n) is 38.2. The Bertz CT molecular complexity index is 2740. The minimum absolute atomic E-state index is 0.0791. The molecule has 0 radical (unpaired) electrons. The first-order chi connectivity index (χ1) is 34.1. The van der Waals surface area contributed by atoms with Crippen molar-refractivity contribution in [2.75, 3.05) is 0 Å². The van der Waals surface area contributed by atoms with Crippen LogP contribution < -0.4 is 21.9 Å². The molecule has 386 valence electrons. The monoisotopic (exact) mass is 1070 g/mol. The molecule has 0 bridgehead atoms. The van der Waals surface area contributed by atoms with E-state index in [1.165, 1.54) is 31.4 Å². The lowest BCUT2D eigenvalue weighted by atomic mass is 9.12. The fourth-order valence-electron chi connectivity index (χ4n) is 8.25. The lowest BCUT2D eigenvalue weighted by Gasteiger charge is -2.44. The summed E-state index contributed by atoms with van der Waals surface area (Å²) in [6.45, 7) is 13.5. The number of benzene rings is 7. The van der Waals surface area contributed by atoms with Gasteiger partial charge in [0.1, 0.15) is 52.7 Å². The van der Waals surface area contributed by atoms with Gasteiger partial charge in [0.25, 0.3) is 0 Å². The van der Waals surface area contributed by atoms with Gasteiger partial charge in [0.15, 0.2) is 84.5 Å². The Balaban J connectivity index is 0.000000265. The van der Waals surface area contributed by atoms with E-state index in [0.29, 0.717) is 17.8 Å². The highest BCUT2D eigenvalue weighted by Crippen LogP contribution is 2.35. The van der Waals surface area contributed by atoms with Crippen molar-refractivity contribution in [2.45, 2.75) is 74.0 Å². The highest BCUT2D eigenvalue weighted by Gasteiger charge is 2.52. The van der Waals surface area contributed by atoms with Gasteiger partial charge in [0.05, 0.1) is 10.9 Å². The molecule has 0 saturated carbocycles. The van der Waals surface area contributed by atoms with Crippen molar-refractivity contribution in [1.29, 1.82) is 0 Å². The highest BCUT2D eigenvalue weighted by molar-refractivity contribution is 7.97. The van der Waals surface area contributed by atoms with Crippen LogP contribution in [0.1, 0.15) is 76.0 Å². The molecule has 0 heterocycles. The molecule has 7 rings (SSSR count). The van der Waals surface area contributed by atoms with Crippen molar-refractivity contribution in [2.24, 2.45) is 0 Å². The second-order valence-corrected chi connectivity index (χ2v) is 19.3. The average Bonchev–Trinajstić information content (AvgIpc) is 3.37. The number of hydrogen-bond acceptors (Lipinski definition) is 0. The van der Waals surface area contributed by atoms with Crippen LogP contribution in [0.3, 0.4) is 0 Å². The van der Waals surface area contributed by atoms with Crippen LogP contribution >= 0.6 is 0 Å². The normalized spacial score (nSPS) is 11.9. The maximum Gasteiger partial charge on any atom is 0.200 e. The van der Waals surface area contributed by atoms with E-state index in [-0.39, 0.29) is 10.9 Å². The van der Waals surface area contributed by atoms with Gasteiger partial charge in [0.2, 0.25) is 0 Å². The van der Waals surface area contributed by atoms with E-state index in [4.69, 9.17) is 0 Å². The van der Waals surface area contributed by atoms with Gasteiger partial charge in [-0.1, -0.05) is 77.9 Å². The van der Waals surface area contributed by atoms with Gasteiger partial charge in [-0.3, -0.25) is 0 Å². The number of hydrogen-bond donors (Lipinski definition) is 0. The van der Waals surface area contributed by atoms with Gasteiger partial charge < -0.3 is 0 Å². The molecule has 0 N–H and O–H groups in total. The van der Waals surface area contributed by atoms with Crippen LogP contribution in [0.25, 0.3) is 0 Å². The first kappa shape index (κ1) is 55.9. The molecule has 0 aliphatic rings. The first-order valence-electron chi connectivity index (χ1n) is 21.3. The Morgan fingerprint density at radius 1 is 0.233 bits per heavy atom. The zero-order chi connectivity index (χ0) is 54.6. The summed E-state index contributed by atoms with van der Waals surface area (Å²) in [5.41, 5.74) is -10.1. The molecular formula is C51H33BF20S. The van der Waals surface area contributed by atoms with Gasteiger partial charge in [0, 0.05) is 0 Å². The lowest BCUT2D eigenvalue weighted by Crippen LogP contribution is -2.81. The van der Waals surface area contributed by atoms with Crippen LogP contribution in [0.5, 0.6) is 0 Å². The fraction of sp³-hybridized carbons (Fsp3) is 0.176. The van der Waals surface area contributed by atoms with Crippen LogP contribution in [0.4, 0.5) is 87.8 Å². The molecule has 22 heteroatoms. The zero-order valence-corrected chi connectivity index (χ0v) is 39.0. The van der Waals surface area contributed by atoms with Crippen molar-refractivity contribution in [3.05, 3.63) is 206 Å². The molecule has 7 aromatic rings. The van der Waals surface area contributed by atoms with Crippen molar-refractivity contribution in [3.8, 4) is 0 Å². The van der Waals surface area contributed by atoms with Gasteiger partial charge in [-0.2, -0.15) is 0 Å². The minimum Gasteiger partial charge on any atom is -0.207 e. The second-order valence-electron chi connectivity index (χ2n) is 17.3. The third-order valence-electron chi connectivity index (χ3n) is 12.1. The van der Waals surface area contributed by atoms with E-state index in [1.807, 2.05) is 0 Å². The van der Waals surface area contributed by atoms with E-state index in [1.54, 1.807) is 0 Å². The summed E-state index contributed by atoms with van der Waals surface area (Å²) in [5.74, 6) is -69.7. The van der Waals surface area contributed by atoms with E-state index in [0.717, 1.165) is 0 Å². The maximum absolute atomic E-state index is 15.4. The van der Waals surface area contributed by atoms with Crippen LogP contribution in [0, 0.1) is 116 Å². The first-order valence-corrected chi connectivity index (χ1v) is 22.6. The minimum atomic E-state index is -7.22. The van der Waals surface area contributed by atoms with Crippen molar-refractivity contribution in [3.63, 3.8) is 0 Å². The Hall–Kier alpha value is -6.45. The molecule has 7 aromatic carbocycles. The molecule has 0 unspecified atom stereocenters. The van der Waals surface area contributed by atoms with Gasteiger partial charge in [-0.15, -0.1) is 21.9 Å². The Kier molecular flexibility index (Phi) is 16.2. The van der Waals surface area contributed by atoms with Crippen LogP contribution in [0.2, 0.25) is 0 Å². The largest absolute Gasteiger partial charge is 0.207 e. The molecule has 0 atom stereocenters. The molecule has 0 spiro atoms. The molecule has 0 aliphatic heterocycles. The third-order valence-corrected chi connectivity index (χ3v) is 14.3. The Morgan fingerprint density at radius 2 is 0.370 bits per heavy atom. The van der Waals surface area contributed by atoms with E-state index < -0.39 is 144 Å². The molecule has 0 aliphatic carbocycles. The predicted molar refractivity (Wildman–Crippen MR) is 233 cm³/mol. The quantitative estimate of drug-likeness (QED) is 0.0421.